The summed E-state index contributed by atoms with van der Waals surface area (Å²) in [5.74, 6) is -7.93. The molecule has 1 aliphatic heterocycles. The maximum absolute atomic E-state index is 14.4. The second kappa shape index (κ2) is 15.5. The molecule has 1 heterocycles. The Balaban J connectivity index is 1.63. The average Bonchev–Trinajstić information content (AvgIpc) is 3.04. The van der Waals surface area contributed by atoms with Gasteiger partial charge in [-0.15, -0.1) is 0 Å². The number of aliphatic hydroxyl groups excluding tert-OH is 2. The normalized spacial score (nSPS) is 22.4. The zero-order valence-corrected chi connectivity index (χ0v) is 25.3. The number of amides is 2. The van der Waals surface area contributed by atoms with E-state index in [0.717, 1.165) is 6.07 Å². The van der Waals surface area contributed by atoms with E-state index in [-0.39, 0.29) is 17.7 Å². The monoisotopic (exact) mass is 662 g/mol. The Bertz CT molecular complexity index is 1520. The van der Waals surface area contributed by atoms with E-state index in [1.165, 1.54) is 43.3 Å². The van der Waals surface area contributed by atoms with Gasteiger partial charge >= 0.3 is 5.97 Å². The van der Waals surface area contributed by atoms with Crippen molar-refractivity contribution in [2.24, 2.45) is 0 Å². The molecule has 0 spiro atoms. The molecule has 0 saturated carbocycles. The minimum Gasteiger partial charge on any atom is -0.477 e. The molecule has 0 aromatic heterocycles. The summed E-state index contributed by atoms with van der Waals surface area (Å²) < 4.78 is 45.8. The van der Waals surface area contributed by atoms with Crippen molar-refractivity contribution in [2.75, 3.05) is 6.54 Å². The van der Waals surface area contributed by atoms with Gasteiger partial charge in [-0.25, -0.2) is 13.6 Å². The SMILES string of the molecule is CC(=O)N[C@H]1[C@H]([C@H](O)[C@H](O)CNC(=O)c2ccc(Cl)cc2)O[C@@](OCc2cccc(F)c2F)(C(=O)O)C[C@@H]1OCc1ccccc1. The van der Waals surface area contributed by atoms with Crippen LogP contribution in [0.4, 0.5) is 8.78 Å². The Morgan fingerprint density at radius 2 is 1.72 bits per heavy atom. The molecule has 46 heavy (non-hydrogen) atoms. The second-order valence-electron chi connectivity index (χ2n) is 10.7. The fourth-order valence-corrected chi connectivity index (χ4v) is 5.09. The highest BCUT2D eigenvalue weighted by Gasteiger charge is 2.56. The molecular formula is C32H33ClF2N2O9. The fraction of sp³-hybridized carbons (Fsp3) is 0.344. The van der Waals surface area contributed by atoms with Crippen LogP contribution in [0.15, 0.2) is 72.8 Å². The number of aliphatic carboxylic acids is 1. The van der Waals surface area contributed by atoms with Crippen LogP contribution >= 0.6 is 11.6 Å². The Morgan fingerprint density at radius 3 is 2.37 bits per heavy atom. The number of hydrogen-bond donors (Lipinski definition) is 5. The lowest BCUT2D eigenvalue weighted by Crippen LogP contribution is -2.68. The zero-order valence-electron chi connectivity index (χ0n) is 24.6. The quantitative estimate of drug-likeness (QED) is 0.185. The van der Waals surface area contributed by atoms with E-state index in [0.29, 0.717) is 10.6 Å². The number of halogens is 3. The predicted octanol–water partition coefficient (Wildman–Crippen LogP) is 2.95. The molecule has 5 N–H and O–H groups in total. The maximum Gasteiger partial charge on any atom is 0.364 e. The van der Waals surface area contributed by atoms with Gasteiger partial charge in [0.1, 0.15) is 12.2 Å². The molecule has 6 atom stereocenters. The lowest BCUT2D eigenvalue weighted by molar-refractivity contribution is -0.318. The Hall–Kier alpha value is -3.98. The van der Waals surface area contributed by atoms with Gasteiger partial charge in [0, 0.05) is 36.0 Å². The number of aliphatic hydroxyl groups is 2. The van der Waals surface area contributed by atoms with Crippen molar-refractivity contribution in [1.82, 2.24) is 10.6 Å². The predicted molar refractivity (Wildman–Crippen MR) is 159 cm³/mol. The van der Waals surface area contributed by atoms with Gasteiger partial charge in [0.15, 0.2) is 11.6 Å². The Kier molecular flexibility index (Phi) is 11.8. The molecule has 0 aliphatic carbocycles. The molecule has 1 fully saturated rings. The van der Waals surface area contributed by atoms with E-state index in [4.69, 9.17) is 25.8 Å². The first kappa shape index (κ1) is 34.9. The van der Waals surface area contributed by atoms with Gasteiger partial charge in [0.2, 0.25) is 5.91 Å². The van der Waals surface area contributed by atoms with Crippen LogP contribution < -0.4 is 10.6 Å². The Labute approximate surface area is 268 Å². The van der Waals surface area contributed by atoms with E-state index in [1.807, 2.05) is 0 Å². The van der Waals surface area contributed by atoms with Gasteiger partial charge in [-0.1, -0.05) is 54.1 Å². The third kappa shape index (κ3) is 8.63. The largest absolute Gasteiger partial charge is 0.477 e. The second-order valence-corrected chi connectivity index (χ2v) is 11.1. The number of carboxylic acid groups (broad SMARTS) is 1. The van der Waals surface area contributed by atoms with Crippen LogP contribution in [-0.4, -0.2) is 75.9 Å². The average molecular weight is 663 g/mol. The molecule has 2 amide bonds. The van der Waals surface area contributed by atoms with Crippen LogP contribution in [-0.2, 0) is 37.0 Å². The molecule has 3 aromatic carbocycles. The Morgan fingerprint density at radius 1 is 1.02 bits per heavy atom. The van der Waals surface area contributed by atoms with Gasteiger partial charge in [0.05, 0.1) is 31.5 Å². The summed E-state index contributed by atoms with van der Waals surface area (Å²) in [7, 11) is 0. The summed E-state index contributed by atoms with van der Waals surface area (Å²) in [5, 5.41) is 38.1. The minimum absolute atomic E-state index is 0.0572. The first-order valence-corrected chi connectivity index (χ1v) is 14.6. The molecule has 11 nitrogen and oxygen atoms in total. The van der Waals surface area contributed by atoms with E-state index >= 15 is 0 Å². The number of carbonyl (C=O) groups is 3. The van der Waals surface area contributed by atoms with Crippen LogP contribution in [0.5, 0.6) is 0 Å². The highest BCUT2D eigenvalue weighted by Crippen LogP contribution is 2.36. The van der Waals surface area contributed by atoms with Gasteiger partial charge in [-0.3, -0.25) is 9.59 Å². The van der Waals surface area contributed by atoms with Crippen LogP contribution in [0.1, 0.15) is 34.8 Å². The number of carboxylic acids is 1. The standard InChI is InChI=1S/C32H33ClF2N2O9/c1-18(38)37-27-25(44-16-19-6-3-2-4-7-19)14-32(31(42)43,45-17-21-8-5-9-23(34)26(21)35)46-29(27)28(40)24(39)15-36-30(41)20-10-12-22(33)13-11-20/h2-13,24-25,27-29,39-40H,14-17H2,1H3,(H,36,41)(H,37,38)(H,42,43)/t24-,25+,27-,28-,29-,32-/m1/s1. The molecule has 246 valence electrons. The zero-order chi connectivity index (χ0) is 33.4. The van der Waals surface area contributed by atoms with Crippen molar-refractivity contribution in [3.63, 3.8) is 0 Å². The molecule has 4 rings (SSSR count). The van der Waals surface area contributed by atoms with Crippen molar-refractivity contribution in [2.45, 2.75) is 62.8 Å². The molecule has 14 heteroatoms. The third-order valence-electron chi connectivity index (χ3n) is 7.35. The topological polar surface area (TPSA) is 164 Å². The summed E-state index contributed by atoms with van der Waals surface area (Å²) in [6.45, 7) is -0.143. The van der Waals surface area contributed by atoms with Crippen molar-refractivity contribution < 1.29 is 52.7 Å². The van der Waals surface area contributed by atoms with E-state index in [9.17, 15) is 38.5 Å². The van der Waals surface area contributed by atoms with Crippen molar-refractivity contribution in [1.29, 1.82) is 0 Å². The van der Waals surface area contributed by atoms with Gasteiger partial charge in [-0.2, -0.15) is 0 Å². The highest BCUT2D eigenvalue weighted by molar-refractivity contribution is 6.30. The van der Waals surface area contributed by atoms with E-state index < -0.39 is 85.2 Å². The third-order valence-corrected chi connectivity index (χ3v) is 7.61. The van der Waals surface area contributed by atoms with Crippen LogP contribution in [0.2, 0.25) is 5.02 Å². The molecule has 0 unspecified atom stereocenters. The smallest absolute Gasteiger partial charge is 0.364 e. The number of carbonyl (C=O) groups excluding carboxylic acids is 2. The maximum atomic E-state index is 14.4. The summed E-state index contributed by atoms with van der Waals surface area (Å²) in [6.07, 6.45) is -7.16. The lowest BCUT2D eigenvalue weighted by Gasteiger charge is -2.48. The van der Waals surface area contributed by atoms with Crippen LogP contribution in [0.25, 0.3) is 0 Å². The minimum atomic E-state index is -2.62. The van der Waals surface area contributed by atoms with Crippen molar-refractivity contribution in [3.05, 3.63) is 106 Å². The number of hydrogen-bond acceptors (Lipinski definition) is 8. The molecule has 1 saturated heterocycles. The molecule has 0 bridgehead atoms. The summed E-state index contributed by atoms with van der Waals surface area (Å²) in [5.41, 5.74) is 0.603. The van der Waals surface area contributed by atoms with Crippen molar-refractivity contribution in [3.8, 4) is 0 Å². The van der Waals surface area contributed by atoms with Crippen molar-refractivity contribution >= 4 is 29.4 Å². The van der Waals surface area contributed by atoms with Crippen LogP contribution in [0, 0.1) is 11.6 Å². The molecule has 3 aromatic rings. The van der Waals surface area contributed by atoms with Gasteiger partial charge in [-0.05, 0) is 35.9 Å². The molecule has 1 aliphatic rings. The fourth-order valence-electron chi connectivity index (χ4n) is 4.96. The van der Waals surface area contributed by atoms with Gasteiger partial charge < -0.3 is 40.2 Å². The molecular weight excluding hydrogens is 630 g/mol. The summed E-state index contributed by atoms with van der Waals surface area (Å²) in [6, 6.07) is 16.7. The highest BCUT2D eigenvalue weighted by atomic mass is 35.5. The number of rotatable bonds is 13. The van der Waals surface area contributed by atoms with E-state index in [1.54, 1.807) is 30.3 Å². The summed E-state index contributed by atoms with van der Waals surface area (Å²) in [4.78, 5) is 37.6. The number of benzene rings is 3. The summed E-state index contributed by atoms with van der Waals surface area (Å²) >= 11 is 5.86. The number of nitrogens with one attached hydrogen (secondary N) is 2. The van der Waals surface area contributed by atoms with E-state index in [2.05, 4.69) is 10.6 Å². The number of ether oxygens (including phenoxy) is 3. The lowest BCUT2D eigenvalue weighted by atomic mass is 9.88. The first-order chi connectivity index (χ1) is 21.9. The van der Waals surface area contributed by atoms with Crippen LogP contribution in [0.3, 0.4) is 0 Å². The first-order valence-electron chi connectivity index (χ1n) is 14.2. The molecule has 0 radical (unpaired) electrons. The van der Waals surface area contributed by atoms with Gasteiger partial charge in [0.25, 0.3) is 11.7 Å².